The van der Waals surface area contributed by atoms with Gasteiger partial charge in [0.25, 0.3) is 0 Å². The lowest BCUT2D eigenvalue weighted by atomic mass is 10.1. The Kier molecular flexibility index (Phi) is 6.74. The topological polar surface area (TPSA) is 34.1 Å². The van der Waals surface area contributed by atoms with E-state index in [1.165, 1.54) is 12.3 Å². The molecule has 0 spiro atoms. The Morgan fingerprint density at radius 1 is 1.35 bits per heavy atom. The number of pyridine rings is 1. The Morgan fingerprint density at radius 3 is 2.88 bits per heavy atom. The molecule has 0 aliphatic carbocycles. The summed E-state index contributed by atoms with van der Waals surface area (Å²) in [4.78, 5) is 3.79. The number of ether oxygens (including phenoxy) is 1. The van der Waals surface area contributed by atoms with Crippen molar-refractivity contribution in [1.29, 1.82) is 0 Å². The van der Waals surface area contributed by atoms with Gasteiger partial charge in [-0.25, -0.2) is 4.39 Å². The minimum absolute atomic E-state index is 0.294. The fourth-order valence-corrected chi connectivity index (χ4v) is 1.35. The SMILES string of the molecule is CC(C)CCOCCNCc1cncc(F)c1. The standard InChI is InChI=1S/C13H21FN2O/c1-11(2)3-5-17-6-4-15-8-12-7-13(14)10-16-9-12/h7,9-11,15H,3-6,8H2,1-2H3. The molecular formula is C13H21FN2O. The Bertz CT molecular complexity index is 318. The van der Waals surface area contributed by atoms with Crippen LogP contribution in [0.15, 0.2) is 18.5 Å². The summed E-state index contributed by atoms with van der Waals surface area (Å²) in [6.07, 6.45) is 3.96. The van der Waals surface area contributed by atoms with Crippen molar-refractivity contribution in [2.24, 2.45) is 5.92 Å². The summed E-state index contributed by atoms with van der Waals surface area (Å²) in [5.74, 6) is 0.388. The Morgan fingerprint density at radius 2 is 2.18 bits per heavy atom. The molecule has 3 nitrogen and oxygen atoms in total. The minimum atomic E-state index is -0.294. The van der Waals surface area contributed by atoms with Gasteiger partial charge in [-0.05, 0) is 24.0 Å². The summed E-state index contributed by atoms with van der Waals surface area (Å²) in [6, 6.07) is 1.49. The second kappa shape index (κ2) is 8.14. The van der Waals surface area contributed by atoms with Gasteiger partial charge in [0, 0.05) is 25.9 Å². The van der Waals surface area contributed by atoms with Gasteiger partial charge >= 0.3 is 0 Å². The summed E-state index contributed by atoms with van der Waals surface area (Å²) in [6.45, 7) is 7.25. The molecule has 4 heteroatoms. The Hall–Kier alpha value is -1.00. The molecule has 0 amide bonds. The predicted molar refractivity (Wildman–Crippen MR) is 66.2 cm³/mol. The molecule has 0 saturated carbocycles. The first-order valence-corrected chi connectivity index (χ1v) is 6.06. The molecule has 0 radical (unpaired) electrons. The van der Waals surface area contributed by atoms with Crippen molar-refractivity contribution in [2.75, 3.05) is 19.8 Å². The van der Waals surface area contributed by atoms with Crippen LogP contribution in [0, 0.1) is 11.7 Å². The third kappa shape index (κ3) is 7.02. The van der Waals surface area contributed by atoms with E-state index in [2.05, 4.69) is 24.1 Å². The van der Waals surface area contributed by atoms with Gasteiger partial charge in [0.1, 0.15) is 5.82 Å². The smallest absolute Gasteiger partial charge is 0.141 e. The number of aromatic nitrogens is 1. The summed E-state index contributed by atoms with van der Waals surface area (Å²) in [7, 11) is 0. The quantitative estimate of drug-likeness (QED) is 0.708. The molecule has 0 aromatic carbocycles. The first kappa shape index (κ1) is 14.1. The molecule has 1 rings (SSSR count). The zero-order valence-corrected chi connectivity index (χ0v) is 10.6. The average Bonchev–Trinajstić information content (AvgIpc) is 2.27. The molecule has 0 atom stereocenters. The molecule has 1 aromatic rings. The number of nitrogens with one attached hydrogen (secondary N) is 1. The first-order chi connectivity index (χ1) is 8.18. The van der Waals surface area contributed by atoms with Gasteiger partial charge in [-0.3, -0.25) is 4.98 Å². The van der Waals surface area contributed by atoms with Crippen LogP contribution in [0.3, 0.4) is 0 Å². The number of rotatable bonds is 8. The van der Waals surface area contributed by atoms with Gasteiger partial charge < -0.3 is 10.1 Å². The lowest BCUT2D eigenvalue weighted by Crippen LogP contribution is -2.19. The molecule has 1 aromatic heterocycles. The van der Waals surface area contributed by atoms with Crippen molar-refractivity contribution < 1.29 is 9.13 Å². The van der Waals surface area contributed by atoms with Crippen molar-refractivity contribution in [3.8, 4) is 0 Å². The molecule has 0 fully saturated rings. The van der Waals surface area contributed by atoms with Crippen molar-refractivity contribution in [3.63, 3.8) is 0 Å². The number of hydrogen-bond acceptors (Lipinski definition) is 3. The van der Waals surface area contributed by atoms with Crippen LogP contribution in [0.4, 0.5) is 4.39 Å². The fourth-order valence-electron chi connectivity index (χ4n) is 1.35. The molecule has 17 heavy (non-hydrogen) atoms. The molecule has 96 valence electrons. The van der Waals surface area contributed by atoms with E-state index in [9.17, 15) is 4.39 Å². The predicted octanol–water partition coefficient (Wildman–Crippen LogP) is 2.37. The molecule has 1 heterocycles. The van der Waals surface area contributed by atoms with Gasteiger partial charge in [0.2, 0.25) is 0 Å². The van der Waals surface area contributed by atoms with Crippen LogP contribution >= 0.6 is 0 Å². The van der Waals surface area contributed by atoms with E-state index in [0.29, 0.717) is 19.1 Å². The summed E-state index contributed by atoms with van der Waals surface area (Å²) < 4.78 is 18.3. The molecule has 0 saturated heterocycles. The lowest BCUT2D eigenvalue weighted by molar-refractivity contribution is 0.125. The highest BCUT2D eigenvalue weighted by atomic mass is 19.1. The van der Waals surface area contributed by atoms with E-state index in [0.717, 1.165) is 25.1 Å². The molecule has 0 unspecified atom stereocenters. The summed E-state index contributed by atoms with van der Waals surface area (Å²) in [5, 5.41) is 3.19. The second-order valence-corrected chi connectivity index (χ2v) is 4.48. The summed E-state index contributed by atoms with van der Waals surface area (Å²) in [5.41, 5.74) is 0.854. The maximum atomic E-state index is 12.8. The highest BCUT2D eigenvalue weighted by Gasteiger charge is 1.96. The number of halogens is 1. The highest BCUT2D eigenvalue weighted by Crippen LogP contribution is 2.00. The zero-order valence-electron chi connectivity index (χ0n) is 10.6. The molecule has 0 aliphatic heterocycles. The minimum Gasteiger partial charge on any atom is -0.380 e. The third-order valence-electron chi connectivity index (χ3n) is 2.35. The van der Waals surface area contributed by atoms with Crippen molar-refractivity contribution in [1.82, 2.24) is 10.3 Å². The Labute approximate surface area is 102 Å². The largest absolute Gasteiger partial charge is 0.380 e. The zero-order chi connectivity index (χ0) is 12.5. The average molecular weight is 240 g/mol. The maximum absolute atomic E-state index is 12.8. The van der Waals surface area contributed by atoms with Crippen LogP contribution in [0.25, 0.3) is 0 Å². The normalized spacial score (nSPS) is 11.1. The Balaban J connectivity index is 2.01. The van der Waals surface area contributed by atoms with Gasteiger partial charge in [0.15, 0.2) is 0 Å². The van der Waals surface area contributed by atoms with Crippen molar-refractivity contribution >= 4 is 0 Å². The highest BCUT2D eigenvalue weighted by molar-refractivity contribution is 5.09. The van der Waals surface area contributed by atoms with E-state index in [1.807, 2.05) is 0 Å². The second-order valence-electron chi connectivity index (χ2n) is 4.48. The summed E-state index contributed by atoms with van der Waals surface area (Å²) >= 11 is 0. The van der Waals surface area contributed by atoms with Crippen LogP contribution in [-0.2, 0) is 11.3 Å². The first-order valence-electron chi connectivity index (χ1n) is 6.06. The van der Waals surface area contributed by atoms with Crippen LogP contribution in [-0.4, -0.2) is 24.7 Å². The van der Waals surface area contributed by atoms with E-state index in [1.54, 1.807) is 6.20 Å². The van der Waals surface area contributed by atoms with Gasteiger partial charge in [-0.15, -0.1) is 0 Å². The third-order valence-corrected chi connectivity index (χ3v) is 2.35. The molecule has 1 N–H and O–H groups in total. The van der Waals surface area contributed by atoms with Crippen LogP contribution in [0.2, 0.25) is 0 Å². The van der Waals surface area contributed by atoms with Crippen molar-refractivity contribution in [2.45, 2.75) is 26.8 Å². The van der Waals surface area contributed by atoms with E-state index >= 15 is 0 Å². The monoisotopic (exact) mass is 240 g/mol. The number of nitrogens with zero attached hydrogens (tertiary/aromatic N) is 1. The van der Waals surface area contributed by atoms with Crippen molar-refractivity contribution in [3.05, 3.63) is 29.8 Å². The maximum Gasteiger partial charge on any atom is 0.141 e. The van der Waals surface area contributed by atoms with Gasteiger partial charge in [0.05, 0.1) is 12.8 Å². The van der Waals surface area contributed by atoms with E-state index in [4.69, 9.17) is 4.74 Å². The van der Waals surface area contributed by atoms with E-state index in [-0.39, 0.29) is 5.82 Å². The molecular weight excluding hydrogens is 219 g/mol. The van der Waals surface area contributed by atoms with Gasteiger partial charge in [-0.1, -0.05) is 13.8 Å². The molecule has 0 aliphatic rings. The van der Waals surface area contributed by atoms with Crippen LogP contribution < -0.4 is 5.32 Å². The van der Waals surface area contributed by atoms with Gasteiger partial charge in [-0.2, -0.15) is 0 Å². The van der Waals surface area contributed by atoms with Crippen LogP contribution in [0.5, 0.6) is 0 Å². The molecule has 0 bridgehead atoms. The van der Waals surface area contributed by atoms with E-state index < -0.39 is 0 Å². The number of hydrogen-bond donors (Lipinski definition) is 1. The lowest BCUT2D eigenvalue weighted by Gasteiger charge is -2.07. The van der Waals surface area contributed by atoms with Crippen LogP contribution in [0.1, 0.15) is 25.8 Å². The fraction of sp³-hybridized carbons (Fsp3) is 0.615.